The zero-order valence-electron chi connectivity index (χ0n) is 13.8. The van der Waals surface area contributed by atoms with Gasteiger partial charge in [0.05, 0.1) is 6.10 Å². The van der Waals surface area contributed by atoms with Crippen molar-refractivity contribution in [2.24, 2.45) is 5.92 Å². The van der Waals surface area contributed by atoms with Crippen molar-refractivity contribution in [3.63, 3.8) is 0 Å². The molecule has 5 nitrogen and oxygen atoms in total. The Morgan fingerprint density at radius 2 is 1.76 bits per heavy atom. The summed E-state index contributed by atoms with van der Waals surface area (Å²) in [4.78, 5) is 11.0. The van der Waals surface area contributed by atoms with Gasteiger partial charge < -0.3 is 23.7 Å². The maximum absolute atomic E-state index is 11.0. The number of ether oxygens (including phenoxy) is 4. The van der Waals surface area contributed by atoms with Crippen LogP contribution in [0, 0.1) is 5.92 Å². The van der Waals surface area contributed by atoms with E-state index in [4.69, 9.17) is 18.9 Å². The monoisotopic (exact) mass is 302 g/mol. The highest BCUT2D eigenvalue weighted by molar-refractivity contribution is 5.56. The van der Waals surface area contributed by atoms with Crippen molar-refractivity contribution in [1.29, 1.82) is 0 Å². The molecule has 0 fully saturated rings. The minimum atomic E-state index is -0.466. The molecular weight excluding hydrogens is 272 g/mol. The van der Waals surface area contributed by atoms with Crippen LogP contribution < -0.4 is 0 Å². The molecule has 5 heteroatoms. The van der Waals surface area contributed by atoms with E-state index in [-0.39, 0.29) is 18.8 Å². The fourth-order valence-electron chi connectivity index (χ4n) is 2.19. The molecule has 0 N–H and O–H groups in total. The summed E-state index contributed by atoms with van der Waals surface area (Å²) in [7, 11) is 3.15. The minimum absolute atomic E-state index is 0.0647. The van der Waals surface area contributed by atoms with Gasteiger partial charge in [0, 0.05) is 14.2 Å². The summed E-state index contributed by atoms with van der Waals surface area (Å²) < 4.78 is 20.8. The van der Waals surface area contributed by atoms with E-state index in [1.165, 1.54) is 7.11 Å². The Kier molecular flexibility index (Phi) is 12.5. The van der Waals surface area contributed by atoms with Crippen LogP contribution >= 0.6 is 0 Å². The van der Waals surface area contributed by atoms with E-state index < -0.39 is 6.10 Å². The summed E-state index contributed by atoms with van der Waals surface area (Å²) >= 11 is 0. The molecule has 0 unspecified atom stereocenters. The quantitative estimate of drug-likeness (QED) is 0.280. The van der Waals surface area contributed by atoms with Crippen LogP contribution in [0.5, 0.6) is 0 Å². The molecule has 3 atom stereocenters. The summed E-state index contributed by atoms with van der Waals surface area (Å²) in [6.07, 6.45) is 3.98. The van der Waals surface area contributed by atoms with Gasteiger partial charge in [-0.3, -0.25) is 0 Å². The normalized spacial score (nSPS) is 15.4. The zero-order valence-corrected chi connectivity index (χ0v) is 13.8. The van der Waals surface area contributed by atoms with Gasteiger partial charge in [-0.15, -0.1) is 0 Å². The molecule has 0 aliphatic heterocycles. The third kappa shape index (κ3) is 9.74. The Balaban J connectivity index is 4.26. The molecule has 0 aliphatic carbocycles. The predicted molar refractivity (Wildman–Crippen MR) is 82.0 cm³/mol. The molecule has 0 aromatic carbocycles. The molecule has 0 bridgehead atoms. The minimum Gasteiger partial charge on any atom is -0.359 e. The van der Waals surface area contributed by atoms with Crippen LogP contribution in [0.15, 0.2) is 12.2 Å². The van der Waals surface area contributed by atoms with Gasteiger partial charge in [0.2, 0.25) is 0 Å². The van der Waals surface area contributed by atoms with E-state index in [0.717, 1.165) is 37.5 Å². The average molecular weight is 302 g/mol. The lowest BCUT2D eigenvalue weighted by atomic mass is 9.93. The molecule has 0 aromatic rings. The Morgan fingerprint density at radius 3 is 2.29 bits per heavy atom. The van der Waals surface area contributed by atoms with Crippen LogP contribution in [0.25, 0.3) is 0 Å². The van der Waals surface area contributed by atoms with Gasteiger partial charge in [0.25, 0.3) is 0 Å². The van der Waals surface area contributed by atoms with Crippen molar-refractivity contribution in [2.75, 3.05) is 27.8 Å². The van der Waals surface area contributed by atoms with Crippen LogP contribution in [0.3, 0.4) is 0 Å². The number of hydrogen-bond acceptors (Lipinski definition) is 5. The zero-order chi connectivity index (χ0) is 16.1. The predicted octanol–water partition coefficient (Wildman–Crippen LogP) is 2.94. The summed E-state index contributed by atoms with van der Waals surface area (Å²) in [6.45, 7) is 8.61. The molecule has 0 saturated heterocycles. The molecule has 0 aliphatic rings. The largest absolute Gasteiger partial charge is 0.359 e. The van der Waals surface area contributed by atoms with Gasteiger partial charge >= 0.3 is 0 Å². The van der Waals surface area contributed by atoms with Crippen LogP contribution in [0.1, 0.15) is 39.5 Å². The molecule has 0 aromatic heterocycles. The maximum Gasteiger partial charge on any atom is 0.149 e. The van der Waals surface area contributed by atoms with Gasteiger partial charge in [0.1, 0.15) is 26.0 Å². The van der Waals surface area contributed by atoms with Crippen molar-refractivity contribution in [2.45, 2.75) is 51.7 Å². The maximum atomic E-state index is 11.0. The molecule has 0 heterocycles. The van der Waals surface area contributed by atoms with E-state index in [1.807, 2.05) is 6.92 Å². The summed E-state index contributed by atoms with van der Waals surface area (Å²) in [6, 6.07) is 0. The van der Waals surface area contributed by atoms with Crippen LogP contribution in [0.2, 0.25) is 0 Å². The number of aldehydes is 1. The number of rotatable bonds is 14. The second kappa shape index (κ2) is 13.0. The van der Waals surface area contributed by atoms with Crippen LogP contribution in [0.4, 0.5) is 0 Å². The molecule has 0 spiro atoms. The smallest absolute Gasteiger partial charge is 0.149 e. The number of carbonyl (C=O) groups excluding carboxylic acids is 1. The fourth-order valence-corrected chi connectivity index (χ4v) is 2.19. The highest BCUT2D eigenvalue weighted by Gasteiger charge is 2.19. The third-order valence-electron chi connectivity index (χ3n) is 3.23. The molecule has 0 saturated carbocycles. The second-order valence-electron chi connectivity index (χ2n) is 5.29. The van der Waals surface area contributed by atoms with Crippen LogP contribution in [-0.4, -0.2) is 46.3 Å². The van der Waals surface area contributed by atoms with E-state index >= 15 is 0 Å². The Morgan fingerprint density at radius 1 is 1.14 bits per heavy atom. The SMILES string of the molecule is C=C(C[C@@H](CCC)OCOC)C[C@@H](C)[C@@H](C=O)OCOC. The topological polar surface area (TPSA) is 54.0 Å². The van der Waals surface area contributed by atoms with Crippen LogP contribution in [-0.2, 0) is 23.7 Å². The highest BCUT2D eigenvalue weighted by Crippen LogP contribution is 2.21. The molecule has 124 valence electrons. The Hall–Kier alpha value is -0.750. The first-order valence-corrected chi connectivity index (χ1v) is 7.41. The number of methoxy groups -OCH3 is 2. The van der Waals surface area contributed by atoms with E-state index in [0.29, 0.717) is 6.79 Å². The molecule has 0 radical (unpaired) electrons. The van der Waals surface area contributed by atoms with Gasteiger partial charge in [-0.25, -0.2) is 0 Å². The van der Waals surface area contributed by atoms with Gasteiger partial charge in [-0.05, 0) is 25.2 Å². The van der Waals surface area contributed by atoms with E-state index in [9.17, 15) is 4.79 Å². The highest BCUT2D eigenvalue weighted by atomic mass is 16.7. The van der Waals surface area contributed by atoms with Crippen molar-refractivity contribution in [1.82, 2.24) is 0 Å². The summed E-state index contributed by atoms with van der Waals surface area (Å²) in [5.74, 6) is 0.0647. The van der Waals surface area contributed by atoms with Gasteiger partial charge in [-0.2, -0.15) is 0 Å². The lowest BCUT2D eigenvalue weighted by Crippen LogP contribution is -2.25. The number of hydrogen-bond donors (Lipinski definition) is 0. The average Bonchev–Trinajstić information content (AvgIpc) is 2.45. The van der Waals surface area contributed by atoms with E-state index in [1.54, 1.807) is 7.11 Å². The third-order valence-corrected chi connectivity index (χ3v) is 3.23. The lowest BCUT2D eigenvalue weighted by Gasteiger charge is -2.22. The van der Waals surface area contributed by atoms with Gasteiger partial charge in [0.15, 0.2) is 0 Å². The molecule has 0 amide bonds. The first-order chi connectivity index (χ1) is 10.1. The number of carbonyl (C=O) groups is 1. The van der Waals surface area contributed by atoms with Gasteiger partial charge in [-0.1, -0.05) is 32.4 Å². The second-order valence-corrected chi connectivity index (χ2v) is 5.29. The summed E-state index contributed by atoms with van der Waals surface area (Å²) in [5, 5.41) is 0. The van der Waals surface area contributed by atoms with E-state index in [2.05, 4.69) is 13.5 Å². The standard InChI is InChI=1S/C16H30O5/c1-6-7-15(20-11-18-4)9-13(2)8-14(3)16(10-17)21-12-19-5/h10,14-16H,2,6-9,11-12H2,1,3-5H3/t14-,15-,16-/m1/s1. The Labute approximate surface area is 128 Å². The van der Waals surface area contributed by atoms with Crippen molar-refractivity contribution in [3.8, 4) is 0 Å². The molecule has 21 heavy (non-hydrogen) atoms. The van der Waals surface area contributed by atoms with Crippen molar-refractivity contribution < 1.29 is 23.7 Å². The first kappa shape index (κ1) is 20.2. The molecular formula is C16H30O5. The fraction of sp³-hybridized carbons (Fsp3) is 0.812. The lowest BCUT2D eigenvalue weighted by molar-refractivity contribution is -0.132. The molecule has 0 rings (SSSR count). The van der Waals surface area contributed by atoms with Crippen molar-refractivity contribution in [3.05, 3.63) is 12.2 Å². The Bertz CT molecular complexity index is 280. The summed E-state index contributed by atoms with van der Waals surface area (Å²) in [5.41, 5.74) is 1.06. The van der Waals surface area contributed by atoms with Crippen molar-refractivity contribution >= 4 is 6.29 Å². The first-order valence-electron chi connectivity index (χ1n) is 7.41.